The molecule has 4 aliphatic rings. The molecule has 1 aromatic heterocycles. The molecule has 2 heterocycles. The molecule has 4 fully saturated rings. The predicted octanol–water partition coefficient (Wildman–Crippen LogP) is 2.99. The number of amides is 2. The lowest BCUT2D eigenvalue weighted by Gasteiger charge is -2.62. The summed E-state index contributed by atoms with van der Waals surface area (Å²) < 4.78 is 1.57. The first kappa shape index (κ1) is 24.0. The zero-order chi connectivity index (χ0) is 23.9. The fourth-order valence-corrected chi connectivity index (χ4v) is 6.42. The molecule has 4 atom stereocenters. The minimum atomic E-state index is -0.898. The number of hydrogen-bond donors (Lipinski definition) is 3. The van der Waals surface area contributed by atoms with Gasteiger partial charge in [0.25, 0.3) is 5.56 Å². The molecule has 5 rings (SSSR count). The normalized spacial score (nSPS) is 28.7. The van der Waals surface area contributed by atoms with Crippen LogP contribution in [0, 0.1) is 29.1 Å². The van der Waals surface area contributed by atoms with Gasteiger partial charge in [0.1, 0.15) is 11.0 Å². The van der Waals surface area contributed by atoms with E-state index in [1.54, 1.807) is 6.20 Å². The van der Waals surface area contributed by atoms with Gasteiger partial charge in [0.15, 0.2) is 0 Å². The van der Waals surface area contributed by atoms with Crippen molar-refractivity contribution >= 4 is 33.6 Å². The van der Waals surface area contributed by atoms with E-state index in [1.807, 2.05) is 0 Å². The topological polar surface area (TPSA) is 117 Å². The molecular weight excluding hydrogens is 490 g/mol. The molecule has 1 aliphatic heterocycles. The van der Waals surface area contributed by atoms with Crippen LogP contribution in [-0.4, -0.2) is 57.5 Å². The number of carboxylic acid groups (broad SMARTS) is 1. The third-order valence-corrected chi connectivity index (χ3v) is 9.21. The van der Waals surface area contributed by atoms with Gasteiger partial charge in [-0.05, 0) is 70.7 Å². The first-order chi connectivity index (χ1) is 15.6. The smallest absolute Gasteiger partial charge is 0.407 e. The number of aromatic nitrogens is 2. The van der Waals surface area contributed by atoms with Gasteiger partial charge in [-0.2, -0.15) is 5.10 Å². The second kappa shape index (κ2) is 9.27. The lowest BCUT2D eigenvalue weighted by atomic mass is 9.45. The van der Waals surface area contributed by atoms with E-state index >= 15 is 0 Å². The van der Waals surface area contributed by atoms with E-state index in [2.05, 4.69) is 52.4 Å². The lowest BCUT2D eigenvalue weighted by Crippen LogP contribution is -2.58. The third kappa shape index (κ3) is 4.76. The van der Waals surface area contributed by atoms with E-state index < -0.39 is 6.09 Å². The number of hydrogen-bond acceptors (Lipinski definition) is 5. The van der Waals surface area contributed by atoms with Crippen LogP contribution in [0.25, 0.3) is 0 Å². The van der Waals surface area contributed by atoms with Crippen molar-refractivity contribution in [2.45, 2.75) is 59.0 Å². The molecule has 10 heteroatoms. The highest BCUT2D eigenvalue weighted by Crippen LogP contribution is 2.61. The van der Waals surface area contributed by atoms with Crippen LogP contribution in [0.2, 0.25) is 0 Å². The summed E-state index contributed by atoms with van der Waals surface area (Å²) in [5.74, 6) is 1.89. The van der Waals surface area contributed by atoms with Crippen LogP contribution in [0.1, 0.15) is 46.5 Å². The summed E-state index contributed by atoms with van der Waals surface area (Å²) in [6.45, 7) is 8.30. The van der Waals surface area contributed by atoms with Gasteiger partial charge in [-0.15, -0.1) is 0 Å². The molecular formula is C23H34BrN5O4. The lowest BCUT2D eigenvalue weighted by molar-refractivity contribution is -0.122. The van der Waals surface area contributed by atoms with Crippen molar-refractivity contribution in [3.05, 3.63) is 21.0 Å². The van der Waals surface area contributed by atoms with Crippen LogP contribution in [-0.2, 0) is 11.3 Å². The minimum Gasteiger partial charge on any atom is -0.465 e. The number of piperidine rings is 1. The second-order valence-corrected chi connectivity index (χ2v) is 11.4. The van der Waals surface area contributed by atoms with Crippen molar-refractivity contribution in [2.24, 2.45) is 29.1 Å². The molecule has 0 unspecified atom stereocenters. The Kier molecular flexibility index (Phi) is 6.75. The number of halogens is 1. The van der Waals surface area contributed by atoms with Gasteiger partial charge < -0.3 is 20.6 Å². The molecule has 2 bridgehead atoms. The number of anilines is 1. The molecule has 3 aliphatic carbocycles. The predicted molar refractivity (Wildman–Crippen MR) is 128 cm³/mol. The average molecular weight is 524 g/mol. The number of fused-ring (bicyclic) bond motifs is 2. The molecule has 1 saturated heterocycles. The summed E-state index contributed by atoms with van der Waals surface area (Å²) in [7, 11) is 0. The largest absolute Gasteiger partial charge is 0.465 e. The molecule has 182 valence electrons. The number of nitrogens with one attached hydrogen (secondary N) is 2. The Morgan fingerprint density at radius 3 is 2.58 bits per heavy atom. The number of nitrogens with zero attached hydrogens (tertiary/aromatic N) is 3. The highest BCUT2D eigenvalue weighted by atomic mass is 79.9. The van der Waals surface area contributed by atoms with Crippen molar-refractivity contribution in [1.82, 2.24) is 20.0 Å². The molecule has 1 aromatic rings. The number of likely N-dealkylation sites (tertiary alicyclic amines) is 1. The van der Waals surface area contributed by atoms with Gasteiger partial charge in [0.2, 0.25) is 5.91 Å². The van der Waals surface area contributed by atoms with Crippen LogP contribution in [0.5, 0.6) is 0 Å². The van der Waals surface area contributed by atoms with E-state index in [0.29, 0.717) is 59.0 Å². The summed E-state index contributed by atoms with van der Waals surface area (Å²) in [5.41, 5.74) is 0.744. The quantitative estimate of drug-likeness (QED) is 0.527. The average Bonchev–Trinajstić information content (AvgIpc) is 2.78. The molecule has 9 nitrogen and oxygen atoms in total. The zero-order valence-electron chi connectivity index (χ0n) is 19.5. The Bertz CT molecular complexity index is 972. The van der Waals surface area contributed by atoms with E-state index in [9.17, 15) is 14.4 Å². The molecule has 0 radical (unpaired) electrons. The maximum atomic E-state index is 12.8. The van der Waals surface area contributed by atoms with Gasteiger partial charge in [-0.3, -0.25) is 9.59 Å². The van der Waals surface area contributed by atoms with Crippen molar-refractivity contribution in [1.29, 1.82) is 0 Å². The Balaban J connectivity index is 1.30. The van der Waals surface area contributed by atoms with Crippen molar-refractivity contribution in [3.8, 4) is 0 Å². The van der Waals surface area contributed by atoms with Crippen LogP contribution in [0.3, 0.4) is 0 Å². The minimum absolute atomic E-state index is 0.149. The maximum Gasteiger partial charge on any atom is 0.407 e. The standard InChI is InChI=1S/C23H34BrN5O4/c1-13-16-8-15(23(16,2)3)9-17(13)27-18-11-26-29(21(31)20(18)24)12-19(30)25-10-14-4-6-28(7-5-14)22(32)33/h11,13-17,27H,4-10,12H2,1-3H3,(H,25,30)(H,32,33)/t13-,15+,16-,17-/m1/s1. The van der Waals surface area contributed by atoms with Gasteiger partial charge in [-0.25, -0.2) is 9.48 Å². The van der Waals surface area contributed by atoms with Crippen LogP contribution in [0.15, 0.2) is 15.5 Å². The van der Waals surface area contributed by atoms with Crippen LogP contribution in [0.4, 0.5) is 10.5 Å². The van der Waals surface area contributed by atoms with Crippen LogP contribution >= 0.6 is 15.9 Å². The zero-order valence-corrected chi connectivity index (χ0v) is 21.1. The van der Waals surface area contributed by atoms with E-state index in [-0.39, 0.29) is 23.9 Å². The number of carbonyl (C=O) groups is 2. The molecule has 0 aromatic carbocycles. The summed E-state index contributed by atoms with van der Waals surface area (Å²) in [6, 6.07) is 0.311. The summed E-state index contributed by atoms with van der Waals surface area (Å²) in [6.07, 6.45) is 4.54. The highest BCUT2D eigenvalue weighted by Gasteiger charge is 2.56. The summed E-state index contributed by atoms with van der Waals surface area (Å²) in [5, 5.41) is 19.6. The molecule has 33 heavy (non-hydrogen) atoms. The number of rotatable bonds is 6. The SMILES string of the molecule is C[C@@H]1[C@H]2C[C@@H](C[C@H]1Nc1cnn(CC(=O)NCC3CCN(C(=O)O)CC3)c(=O)c1Br)C2(C)C. The first-order valence-corrected chi connectivity index (χ1v) is 12.6. The van der Waals surface area contributed by atoms with Gasteiger partial charge >= 0.3 is 6.09 Å². The van der Waals surface area contributed by atoms with E-state index in [0.717, 1.165) is 19.3 Å². The van der Waals surface area contributed by atoms with Crippen molar-refractivity contribution in [2.75, 3.05) is 25.0 Å². The van der Waals surface area contributed by atoms with E-state index in [1.165, 1.54) is 16.0 Å². The molecule has 3 N–H and O–H groups in total. The van der Waals surface area contributed by atoms with Gasteiger partial charge in [-0.1, -0.05) is 20.8 Å². The maximum absolute atomic E-state index is 12.8. The molecule has 2 amide bonds. The Labute approximate surface area is 202 Å². The Morgan fingerprint density at radius 1 is 1.27 bits per heavy atom. The fraction of sp³-hybridized carbons (Fsp3) is 0.739. The molecule has 0 spiro atoms. The van der Waals surface area contributed by atoms with Crippen LogP contribution < -0.4 is 16.2 Å². The fourth-order valence-electron chi connectivity index (χ4n) is 6.00. The first-order valence-electron chi connectivity index (χ1n) is 11.8. The van der Waals surface area contributed by atoms with Gasteiger partial charge in [0, 0.05) is 25.7 Å². The van der Waals surface area contributed by atoms with Gasteiger partial charge in [0.05, 0.1) is 11.9 Å². The molecule has 3 saturated carbocycles. The van der Waals surface area contributed by atoms with E-state index in [4.69, 9.17) is 5.11 Å². The Morgan fingerprint density at radius 2 is 1.97 bits per heavy atom. The second-order valence-electron chi connectivity index (χ2n) is 10.6. The highest BCUT2D eigenvalue weighted by molar-refractivity contribution is 9.10. The van der Waals surface area contributed by atoms with Crippen molar-refractivity contribution < 1.29 is 14.7 Å². The summed E-state index contributed by atoms with van der Waals surface area (Å²) in [4.78, 5) is 37.6. The third-order valence-electron chi connectivity index (χ3n) is 8.45. The number of carbonyl (C=O) groups excluding carboxylic acids is 1. The monoisotopic (exact) mass is 523 g/mol. The summed E-state index contributed by atoms with van der Waals surface area (Å²) >= 11 is 3.42. The van der Waals surface area contributed by atoms with Crippen molar-refractivity contribution in [3.63, 3.8) is 0 Å². The Hall–Kier alpha value is -2.10.